The molecule has 3 heteroatoms. The molecule has 1 N–H and O–H groups in total. The fraction of sp³-hybridized carbons (Fsp3) is 0. The molecular formula is C20H14N2O. The third kappa shape index (κ3) is 2.42. The molecule has 4 aromatic rings. The molecule has 0 aliphatic rings. The summed E-state index contributed by atoms with van der Waals surface area (Å²) in [6, 6.07) is 23.6. The van der Waals surface area contributed by atoms with Crippen molar-refractivity contribution in [2.45, 2.75) is 0 Å². The largest absolute Gasteiger partial charge is 0.320 e. The molecule has 23 heavy (non-hydrogen) atoms. The molecule has 110 valence electrons. The minimum absolute atomic E-state index is 0.203. The van der Waals surface area contributed by atoms with Gasteiger partial charge in [-0.15, -0.1) is 0 Å². The zero-order valence-electron chi connectivity index (χ0n) is 12.4. The third-order valence-corrected chi connectivity index (χ3v) is 3.91. The van der Waals surface area contributed by atoms with Gasteiger partial charge in [-0.25, -0.2) is 0 Å². The summed E-state index contributed by atoms with van der Waals surface area (Å²) >= 11 is 0. The maximum absolute atomic E-state index is 12.4. The molecule has 0 radical (unpaired) electrons. The van der Waals surface area contributed by atoms with Crippen LogP contribution in [-0.2, 0) is 0 Å². The lowest BCUT2D eigenvalue weighted by atomic mass is 10.0. The molecule has 0 fully saturated rings. The van der Waals surface area contributed by atoms with E-state index in [-0.39, 0.29) is 5.91 Å². The molecule has 0 atom stereocenters. The second-order valence-electron chi connectivity index (χ2n) is 5.36. The summed E-state index contributed by atoms with van der Waals surface area (Å²) in [6.07, 6.45) is 1.62. The first-order valence-electron chi connectivity index (χ1n) is 7.46. The number of nitrogens with zero attached hydrogens (tertiary/aromatic N) is 1. The van der Waals surface area contributed by atoms with Crippen molar-refractivity contribution < 1.29 is 4.79 Å². The lowest BCUT2D eigenvalue weighted by molar-refractivity contribution is 0.102. The zero-order valence-corrected chi connectivity index (χ0v) is 12.4. The Kier molecular flexibility index (Phi) is 3.24. The van der Waals surface area contributed by atoms with Crippen molar-refractivity contribution in [3.05, 3.63) is 84.7 Å². The molecule has 3 aromatic carbocycles. The molecule has 1 amide bonds. The molecular weight excluding hydrogens is 284 g/mol. The smallest absolute Gasteiger partial charge is 0.274 e. The van der Waals surface area contributed by atoms with E-state index in [0.29, 0.717) is 5.69 Å². The maximum atomic E-state index is 12.4. The van der Waals surface area contributed by atoms with Crippen LogP contribution in [0.4, 0.5) is 5.69 Å². The SMILES string of the molecule is O=C(Nc1cc2ccccc2c2ccccc12)c1ccccn1. The van der Waals surface area contributed by atoms with Gasteiger partial charge < -0.3 is 5.32 Å². The summed E-state index contributed by atoms with van der Waals surface area (Å²) in [5.74, 6) is -0.203. The highest BCUT2D eigenvalue weighted by Crippen LogP contribution is 2.31. The van der Waals surface area contributed by atoms with Gasteiger partial charge in [-0.3, -0.25) is 9.78 Å². The van der Waals surface area contributed by atoms with Crippen LogP contribution in [0.1, 0.15) is 10.5 Å². The summed E-state index contributed by atoms with van der Waals surface area (Å²) in [4.78, 5) is 16.5. The fourth-order valence-electron chi connectivity index (χ4n) is 2.84. The highest BCUT2D eigenvalue weighted by atomic mass is 16.1. The first-order valence-corrected chi connectivity index (χ1v) is 7.46. The van der Waals surface area contributed by atoms with Gasteiger partial charge in [-0.1, -0.05) is 54.6 Å². The Balaban J connectivity index is 1.87. The van der Waals surface area contributed by atoms with Gasteiger partial charge in [0.15, 0.2) is 0 Å². The highest BCUT2D eigenvalue weighted by Gasteiger charge is 2.11. The van der Waals surface area contributed by atoms with Gasteiger partial charge in [0.2, 0.25) is 0 Å². The van der Waals surface area contributed by atoms with E-state index in [1.807, 2.05) is 36.4 Å². The molecule has 0 saturated heterocycles. The van der Waals surface area contributed by atoms with Crippen LogP contribution >= 0.6 is 0 Å². The van der Waals surface area contributed by atoms with E-state index < -0.39 is 0 Å². The molecule has 1 aromatic heterocycles. The molecule has 0 saturated carbocycles. The normalized spacial score (nSPS) is 10.8. The number of pyridine rings is 1. The number of fused-ring (bicyclic) bond motifs is 3. The van der Waals surface area contributed by atoms with Gasteiger partial charge in [0, 0.05) is 17.3 Å². The van der Waals surface area contributed by atoms with E-state index >= 15 is 0 Å². The van der Waals surface area contributed by atoms with Gasteiger partial charge >= 0.3 is 0 Å². The molecule has 0 unspecified atom stereocenters. The first-order chi connectivity index (χ1) is 11.3. The van der Waals surface area contributed by atoms with Crippen LogP contribution in [0.15, 0.2) is 79.0 Å². The quantitative estimate of drug-likeness (QED) is 0.548. The standard InChI is InChI=1S/C20H14N2O/c23-20(18-11-5-6-12-21-18)22-19-13-14-7-1-2-8-15(14)16-9-3-4-10-17(16)19/h1-13H,(H,22,23). The minimum Gasteiger partial charge on any atom is -0.320 e. The lowest BCUT2D eigenvalue weighted by Crippen LogP contribution is -2.13. The van der Waals surface area contributed by atoms with E-state index in [4.69, 9.17) is 0 Å². The van der Waals surface area contributed by atoms with Crippen molar-refractivity contribution in [3.63, 3.8) is 0 Å². The average molecular weight is 298 g/mol. The predicted octanol–water partition coefficient (Wildman–Crippen LogP) is 4.64. The number of carbonyl (C=O) groups is 1. The third-order valence-electron chi connectivity index (χ3n) is 3.91. The van der Waals surface area contributed by atoms with Gasteiger partial charge in [-0.05, 0) is 34.4 Å². The van der Waals surface area contributed by atoms with Crippen LogP contribution in [-0.4, -0.2) is 10.9 Å². The number of nitrogens with one attached hydrogen (secondary N) is 1. The summed E-state index contributed by atoms with van der Waals surface area (Å²) < 4.78 is 0. The lowest BCUT2D eigenvalue weighted by Gasteiger charge is -2.11. The summed E-state index contributed by atoms with van der Waals surface area (Å²) in [5.41, 5.74) is 1.21. The average Bonchev–Trinajstić information content (AvgIpc) is 2.62. The number of hydrogen-bond acceptors (Lipinski definition) is 2. The van der Waals surface area contributed by atoms with E-state index in [9.17, 15) is 4.79 Å². The van der Waals surface area contributed by atoms with Crippen LogP contribution in [0.5, 0.6) is 0 Å². The molecule has 0 aliphatic heterocycles. The zero-order chi connectivity index (χ0) is 15.6. The molecule has 0 bridgehead atoms. The van der Waals surface area contributed by atoms with Gasteiger partial charge in [0.1, 0.15) is 5.69 Å². The Hall–Kier alpha value is -3.20. The summed E-state index contributed by atoms with van der Waals surface area (Å²) in [7, 11) is 0. The Morgan fingerprint density at radius 2 is 1.48 bits per heavy atom. The van der Waals surface area contributed by atoms with Gasteiger partial charge in [-0.2, -0.15) is 0 Å². The Bertz CT molecular complexity index is 1010. The number of carbonyl (C=O) groups excluding carboxylic acids is 1. The first kappa shape index (κ1) is 13.5. The second-order valence-corrected chi connectivity index (χ2v) is 5.36. The highest BCUT2D eigenvalue weighted by molar-refractivity contribution is 6.16. The minimum atomic E-state index is -0.203. The number of aromatic nitrogens is 1. The molecule has 3 nitrogen and oxygen atoms in total. The number of rotatable bonds is 2. The Morgan fingerprint density at radius 3 is 2.26 bits per heavy atom. The summed E-state index contributed by atoms with van der Waals surface area (Å²) in [5, 5.41) is 7.42. The maximum Gasteiger partial charge on any atom is 0.274 e. The van der Waals surface area contributed by atoms with Crippen LogP contribution in [0.3, 0.4) is 0 Å². The second kappa shape index (κ2) is 5.54. The predicted molar refractivity (Wildman–Crippen MR) is 93.6 cm³/mol. The van der Waals surface area contributed by atoms with Crippen LogP contribution in [0.25, 0.3) is 21.5 Å². The van der Waals surface area contributed by atoms with Crippen molar-refractivity contribution in [2.24, 2.45) is 0 Å². The van der Waals surface area contributed by atoms with E-state index in [1.54, 1.807) is 24.4 Å². The number of benzene rings is 3. The molecule has 0 spiro atoms. The van der Waals surface area contributed by atoms with Crippen LogP contribution < -0.4 is 5.32 Å². The summed E-state index contributed by atoms with van der Waals surface area (Å²) in [6.45, 7) is 0. The van der Waals surface area contributed by atoms with Crippen molar-refractivity contribution in [1.29, 1.82) is 0 Å². The number of amides is 1. The van der Waals surface area contributed by atoms with Gasteiger partial charge in [0.05, 0.1) is 0 Å². The number of hydrogen-bond donors (Lipinski definition) is 1. The van der Waals surface area contributed by atoms with E-state index in [2.05, 4.69) is 28.5 Å². The van der Waals surface area contributed by atoms with E-state index in [1.165, 1.54) is 5.39 Å². The Morgan fingerprint density at radius 1 is 0.783 bits per heavy atom. The van der Waals surface area contributed by atoms with Crippen LogP contribution in [0, 0.1) is 0 Å². The Labute approximate surface area is 133 Å². The fourth-order valence-corrected chi connectivity index (χ4v) is 2.84. The monoisotopic (exact) mass is 298 g/mol. The van der Waals surface area contributed by atoms with Crippen molar-refractivity contribution in [3.8, 4) is 0 Å². The van der Waals surface area contributed by atoms with Gasteiger partial charge in [0.25, 0.3) is 5.91 Å². The van der Waals surface area contributed by atoms with Crippen molar-refractivity contribution in [1.82, 2.24) is 4.98 Å². The van der Waals surface area contributed by atoms with Crippen LogP contribution in [0.2, 0.25) is 0 Å². The van der Waals surface area contributed by atoms with Crippen molar-refractivity contribution in [2.75, 3.05) is 5.32 Å². The van der Waals surface area contributed by atoms with E-state index in [0.717, 1.165) is 21.8 Å². The topological polar surface area (TPSA) is 42.0 Å². The molecule has 1 heterocycles. The molecule has 0 aliphatic carbocycles. The molecule has 4 rings (SSSR count). The van der Waals surface area contributed by atoms with Crippen molar-refractivity contribution >= 4 is 33.1 Å². The number of anilines is 1.